The van der Waals surface area contributed by atoms with E-state index in [0.717, 1.165) is 11.1 Å². The van der Waals surface area contributed by atoms with Crippen LogP contribution in [0.5, 0.6) is 11.5 Å². The van der Waals surface area contributed by atoms with Gasteiger partial charge in [0.05, 0.1) is 12.2 Å². The fourth-order valence-electron chi connectivity index (χ4n) is 2.07. The lowest BCUT2D eigenvalue weighted by Crippen LogP contribution is -2.29. The summed E-state index contributed by atoms with van der Waals surface area (Å²) in [6.07, 6.45) is 1.36. The van der Waals surface area contributed by atoms with E-state index < -0.39 is 18.5 Å². The molecule has 0 spiro atoms. The molecule has 0 aliphatic rings. The van der Waals surface area contributed by atoms with Crippen molar-refractivity contribution in [3.63, 3.8) is 0 Å². The van der Waals surface area contributed by atoms with Crippen LogP contribution in [-0.4, -0.2) is 31.3 Å². The fourth-order valence-corrected chi connectivity index (χ4v) is 2.07. The van der Waals surface area contributed by atoms with Crippen molar-refractivity contribution in [2.45, 2.75) is 13.8 Å². The highest BCUT2D eigenvalue weighted by Crippen LogP contribution is 2.19. The van der Waals surface area contributed by atoms with Crippen LogP contribution in [0.3, 0.4) is 0 Å². The summed E-state index contributed by atoms with van der Waals surface area (Å²) in [6, 6.07) is 12.4. The van der Waals surface area contributed by atoms with Crippen molar-refractivity contribution in [2.24, 2.45) is 5.10 Å². The molecule has 7 nitrogen and oxygen atoms in total. The fraction of sp³-hybridized carbons (Fsp3) is 0.211. The highest BCUT2D eigenvalue weighted by Gasteiger charge is 2.05. The van der Waals surface area contributed by atoms with Crippen LogP contribution in [0.4, 0.5) is 0 Å². The van der Waals surface area contributed by atoms with E-state index in [4.69, 9.17) is 9.47 Å². The lowest BCUT2D eigenvalue weighted by Gasteiger charge is -2.09. The van der Waals surface area contributed by atoms with Crippen LogP contribution in [0.1, 0.15) is 16.7 Å². The summed E-state index contributed by atoms with van der Waals surface area (Å²) in [7, 11) is 0. The van der Waals surface area contributed by atoms with Crippen molar-refractivity contribution < 1.29 is 24.2 Å². The summed E-state index contributed by atoms with van der Waals surface area (Å²) in [5.74, 6) is -0.782. The predicted octanol–water partition coefficient (Wildman–Crippen LogP) is 0.961. The zero-order chi connectivity index (χ0) is 18.9. The number of hydrogen-bond donors (Lipinski definition) is 1. The molecule has 26 heavy (non-hydrogen) atoms. The molecule has 1 amide bonds. The number of hydrogen-bond acceptors (Lipinski definition) is 6. The number of carbonyl (C=O) groups excluding carboxylic acids is 2. The van der Waals surface area contributed by atoms with Gasteiger partial charge in [-0.3, -0.25) is 4.79 Å². The average Bonchev–Trinajstić information content (AvgIpc) is 2.61. The summed E-state index contributed by atoms with van der Waals surface area (Å²) in [4.78, 5) is 22.3. The van der Waals surface area contributed by atoms with E-state index in [1.54, 1.807) is 24.3 Å². The SMILES string of the molecule is Cc1ccc(C)c(OCC(=O)N/N=C\c2ccccc2OCC(=O)[O-])c1. The lowest BCUT2D eigenvalue weighted by molar-refractivity contribution is -0.307. The number of benzene rings is 2. The first kappa shape index (κ1) is 19.0. The summed E-state index contributed by atoms with van der Waals surface area (Å²) in [5.41, 5.74) is 4.84. The molecule has 0 saturated carbocycles. The number of nitrogens with one attached hydrogen (secondary N) is 1. The molecular formula is C19H19N2O5-. The number of aliphatic carboxylic acids is 1. The number of nitrogens with zero attached hydrogens (tertiary/aromatic N) is 1. The molecule has 7 heteroatoms. The first-order chi connectivity index (χ1) is 12.5. The maximum Gasteiger partial charge on any atom is 0.277 e. The molecule has 0 unspecified atom stereocenters. The highest BCUT2D eigenvalue weighted by atomic mass is 16.5. The summed E-state index contributed by atoms with van der Waals surface area (Å²) in [6.45, 7) is 3.09. The van der Waals surface area contributed by atoms with Gasteiger partial charge in [0.15, 0.2) is 6.61 Å². The van der Waals surface area contributed by atoms with Crippen LogP contribution in [0.15, 0.2) is 47.6 Å². The highest BCUT2D eigenvalue weighted by molar-refractivity contribution is 5.85. The Bertz CT molecular complexity index is 817. The monoisotopic (exact) mass is 355 g/mol. The Morgan fingerprint density at radius 3 is 2.58 bits per heavy atom. The van der Waals surface area contributed by atoms with Crippen LogP contribution < -0.4 is 20.0 Å². The molecule has 0 heterocycles. The Balaban J connectivity index is 1.89. The summed E-state index contributed by atoms with van der Waals surface area (Å²) in [5, 5.41) is 14.3. The number of carboxylic acids is 1. The molecule has 1 N–H and O–H groups in total. The van der Waals surface area contributed by atoms with Gasteiger partial charge in [-0.1, -0.05) is 24.3 Å². The minimum absolute atomic E-state index is 0.176. The third kappa shape index (κ3) is 5.94. The van der Waals surface area contributed by atoms with Gasteiger partial charge in [0.1, 0.15) is 18.1 Å². The van der Waals surface area contributed by atoms with E-state index in [-0.39, 0.29) is 6.61 Å². The average molecular weight is 355 g/mol. The Morgan fingerprint density at radius 2 is 1.81 bits per heavy atom. The Kier molecular flexibility index (Phi) is 6.73. The van der Waals surface area contributed by atoms with Crippen molar-refractivity contribution in [3.8, 4) is 11.5 Å². The molecule has 0 aliphatic carbocycles. The van der Waals surface area contributed by atoms with Crippen molar-refractivity contribution in [1.82, 2.24) is 5.43 Å². The zero-order valence-electron chi connectivity index (χ0n) is 14.5. The van der Waals surface area contributed by atoms with Gasteiger partial charge in [0.25, 0.3) is 5.91 Å². The smallest absolute Gasteiger partial charge is 0.277 e. The quantitative estimate of drug-likeness (QED) is 0.562. The second-order valence-electron chi connectivity index (χ2n) is 5.55. The molecule has 0 bridgehead atoms. The molecule has 0 aromatic heterocycles. The van der Waals surface area contributed by atoms with Crippen molar-refractivity contribution >= 4 is 18.1 Å². The van der Waals surface area contributed by atoms with E-state index in [9.17, 15) is 14.7 Å². The van der Waals surface area contributed by atoms with Gasteiger partial charge in [0.2, 0.25) is 0 Å². The second-order valence-corrected chi connectivity index (χ2v) is 5.55. The maximum absolute atomic E-state index is 11.8. The third-order valence-electron chi connectivity index (χ3n) is 3.36. The Labute approximate surface area is 151 Å². The number of rotatable bonds is 8. The second kappa shape index (κ2) is 9.22. The first-order valence-electron chi connectivity index (χ1n) is 7.89. The van der Waals surface area contributed by atoms with E-state index in [1.807, 2.05) is 32.0 Å². The number of para-hydroxylation sites is 1. The molecule has 2 aromatic rings. The zero-order valence-corrected chi connectivity index (χ0v) is 14.5. The van der Waals surface area contributed by atoms with Crippen molar-refractivity contribution in [3.05, 3.63) is 59.2 Å². The number of carbonyl (C=O) groups is 2. The summed E-state index contributed by atoms with van der Waals surface area (Å²) < 4.78 is 10.6. The Hall–Kier alpha value is -3.35. The van der Waals surface area contributed by atoms with Gasteiger partial charge in [0, 0.05) is 5.56 Å². The van der Waals surface area contributed by atoms with Crippen LogP contribution in [0.25, 0.3) is 0 Å². The predicted molar refractivity (Wildman–Crippen MR) is 94.1 cm³/mol. The summed E-state index contributed by atoms with van der Waals surface area (Å²) >= 11 is 0. The largest absolute Gasteiger partial charge is 0.546 e. The minimum atomic E-state index is -1.33. The van der Waals surface area contributed by atoms with Gasteiger partial charge < -0.3 is 19.4 Å². The maximum atomic E-state index is 11.8. The van der Waals surface area contributed by atoms with E-state index in [1.165, 1.54) is 6.21 Å². The number of aryl methyl sites for hydroxylation is 2. The van der Waals surface area contributed by atoms with Gasteiger partial charge in [-0.05, 0) is 43.2 Å². The number of hydrazone groups is 1. The molecule has 0 radical (unpaired) electrons. The van der Waals surface area contributed by atoms with Crippen molar-refractivity contribution in [2.75, 3.05) is 13.2 Å². The standard InChI is InChI=1S/C19H20N2O5/c1-13-7-8-14(2)17(9-13)25-11-18(22)21-20-10-15-5-3-4-6-16(15)26-12-19(23)24/h3-10H,11-12H2,1-2H3,(H,21,22)(H,23,24)/p-1/b20-10-. The van der Waals surface area contributed by atoms with Gasteiger partial charge in [-0.25, -0.2) is 5.43 Å². The van der Waals surface area contributed by atoms with E-state index in [0.29, 0.717) is 17.1 Å². The van der Waals surface area contributed by atoms with Gasteiger partial charge in [-0.15, -0.1) is 0 Å². The van der Waals surface area contributed by atoms with Crippen LogP contribution in [0, 0.1) is 13.8 Å². The molecule has 0 aliphatic heterocycles. The lowest BCUT2D eigenvalue weighted by atomic mass is 10.1. The van der Waals surface area contributed by atoms with Crippen LogP contribution in [-0.2, 0) is 9.59 Å². The normalized spacial score (nSPS) is 10.5. The molecule has 0 atom stereocenters. The number of ether oxygens (including phenoxy) is 2. The Morgan fingerprint density at radius 1 is 1.08 bits per heavy atom. The molecular weight excluding hydrogens is 336 g/mol. The van der Waals surface area contributed by atoms with Crippen LogP contribution >= 0.6 is 0 Å². The van der Waals surface area contributed by atoms with E-state index in [2.05, 4.69) is 10.5 Å². The molecule has 0 fully saturated rings. The minimum Gasteiger partial charge on any atom is -0.546 e. The van der Waals surface area contributed by atoms with E-state index >= 15 is 0 Å². The van der Waals surface area contributed by atoms with Crippen molar-refractivity contribution in [1.29, 1.82) is 0 Å². The number of carboxylic acid groups (broad SMARTS) is 1. The molecule has 2 rings (SSSR count). The first-order valence-corrected chi connectivity index (χ1v) is 7.89. The topological polar surface area (TPSA) is 100 Å². The number of amides is 1. The molecule has 2 aromatic carbocycles. The van der Waals surface area contributed by atoms with Gasteiger partial charge in [-0.2, -0.15) is 5.10 Å². The van der Waals surface area contributed by atoms with Gasteiger partial charge >= 0.3 is 0 Å². The van der Waals surface area contributed by atoms with Crippen LogP contribution in [0.2, 0.25) is 0 Å². The molecule has 136 valence electrons. The molecule has 0 saturated heterocycles. The third-order valence-corrected chi connectivity index (χ3v) is 3.36.